The molecule has 4 heterocycles. The molecule has 3 aromatic heterocycles. The Balaban J connectivity index is 1.77. The number of imidazole rings is 1. The number of ether oxygens (including phenoxy) is 1. The molecule has 9 heteroatoms. The molecule has 4 aromatic rings. The van der Waals surface area contributed by atoms with E-state index >= 15 is 0 Å². The van der Waals surface area contributed by atoms with Gasteiger partial charge in [0.15, 0.2) is 11.5 Å². The lowest BCUT2D eigenvalue weighted by Gasteiger charge is -2.24. The highest BCUT2D eigenvalue weighted by atomic mass is 19.4. The number of halogens is 3. The zero-order valence-corrected chi connectivity index (χ0v) is 17.0. The molecule has 0 bridgehead atoms. The monoisotopic (exact) mass is 429 g/mol. The lowest BCUT2D eigenvalue weighted by Crippen LogP contribution is -2.38. The van der Waals surface area contributed by atoms with Gasteiger partial charge in [-0.15, -0.1) is 0 Å². The third-order valence-corrected chi connectivity index (χ3v) is 5.69. The molecule has 0 spiro atoms. The molecule has 1 saturated heterocycles. The normalized spacial score (nSPS) is 17.6. The number of nitrogens with one attached hydrogen (secondary N) is 2. The van der Waals surface area contributed by atoms with E-state index in [9.17, 15) is 13.2 Å². The number of nitrogens with zero attached hydrogens (tertiary/aromatic N) is 3. The van der Waals surface area contributed by atoms with Gasteiger partial charge in [-0.25, -0.2) is 9.97 Å². The van der Waals surface area contributed by atoms with Crippen LogP contribution in [0.15, 0.2) is 36.5 Å². The van der Waals surface area contributed by atoms with Crippen LogP contribution in [0.2, 0.25) is 0 Å². The average Bonchev–Trinajstić information content (AvgIpc) is 3.40. The fourth-order valence-electron chi connectivity index (χ4n) is 4.22. The van der Waals surface area contributed by atoms with Gasteiger partial charge < -0.3 is 19.6 Å². The fraction of sp³-hybridized carbons (Fsp3) is 0.364. The molecule has 162 valence electrons. The van der Waals surface area contributed by atoms with Gasteiger partial charge in [0.05, 0.1) is 29.4 Å². The number of aryl methyl sites for hydroxylation is 2. The van der Waals surface area contributed by atoms with Crippen molar-refractivity contribution >= 4 is 21.9 Å². The number of aromatic amines is 1. The van der Waals surface area contributed by atoms with Gasteiger partial charge in [-0.05, 0) is 31.0 Å². The summed E-state index contributed by atoms with van der Waals surface area (Å²) in [4.78, 5) is 11.6. The molecule has 1 aliphatic rings. The molecule has 0 aliphatic carbocycles. The summed E-state index contributed by atoms with van der Waals surface area (Å²) in [7, 11) is 0. The highest BCUT2D eigenvalue weighted by molar-refractivity contribution is 6.05. The maximum absolute atomic E-state index is 14.0. The number of morpholine rings is 1. The summed E-state index contributed by atoms with van der Waals surface area (Å²) in [6.07, 6.45) is -2.22. The fourth-order valence-corrected chi connectivity index (χ4v) is 4.22. The van der Waals surface area contributed by atoms with E-state index in [-0.39, 0.29) is 11.6 Å². The van der Waals surface area contributed by atoms with Crippen molar-refractivity contribution in [3.63, 3.8) is 0 Å². The molecule has 5 rings (SSSR count). The average molecular weight is 429 g/mol. The van der Waals surface area contributed by atoms with Crippen LogP contribution in [0.25, 0.3) is 33.5 Å². The van der Waals surface area contributed by atoms with Crippen LogP contribution in [-0.2, 0) is 17.5 Å². The van der Waals surface area contributed by atoms with Crippen LogP contribution in [0.1, 0.15) is 17.7 Å². The van der Waals surface area contributed by atoms with E-state index < -0.39 is 11.9 Å². The molecule has 0 saturated carbocycles. The first kappa shape index (κ1) is 20.0. The highest BCUT2D eigenvalue weighted by Gasteiger charge is 2.38. The van der Waals surface area contributed by atoms with Gasteiger partial charge in [-0.2, -0.15) is 13.2 Å². The van der Waals surface area contributed by atoms with E-state index in [1.807, 2.05) is 22.8 Å². The number of rotatable bonds is 4. The van der Waals surface area contributed by atoms with Gasteiger partial charge in [-0.3, -0.25) is 0 Å². The molecule has 6 nitrogen and oxygen atoms in total. The topological polar surface area (TPSA) is 67.8 Å². The van der Waals surface area contributed by atoms with Crippen LogP contribution >= 0.6 is 0 Å². The zero-order chi connectivity index (χ0) is 21.6. The maximum Gasteiger partial charge on any atom is 0.435 e. The number of alkyl halides is 3. The van der Waals surface area contributed by atoms with E-state index in [4.69, 9.17) is 4.74 Å². The summed E-state index contributed by atoms with van der Waals surface area (Å²) in [5.74, 6) is 0.463. The molecule has 31 heavy (non-hydrogen) atoms. The van der Waals surface area contributed by atoms with Crippen LogP contribution in [0, 0.1) is 6.92 Å². The molecule has 1 aliphatic heterocycles. The number of hydrogen-bond acceptors (Lipinski definition) is 4. The number of H-pyrrole nitrogens is 1. The van der Waals surface area contributed by atoms with Gasteiger partial charge in [0.1, 0.15) is 5.52 Å². The van der Waals surface area contributed by atoms with E-state index in [1.165, 1.54) is 0 Å². The van der Waals surface area contributed by atoms with Crippen LogP contribution in [0.3, 0.4) is 0 Å². The van der Waals surface area contributed by atoms with Crippen LogP contribution < -0.4 is 5.32 Å². The molecule has 0 amide bonds. The summed E-state index contributed by atoms with van der Waals surface area (Å²) in [5.41, 5.74) is 1.07. The Morgan fingerprint density at radius 2 is 2.03 bits per heavy atom. The summed E-state index contributed by atoms with van der Waals surface area (Å²) < 4.78 is 49.6. The van der Waals surface area contributed by atoms with Crippen LogP contribution in [0.4, 0.5) is 13.2 Å². The first-order valence-corrected chi connectivity index (χ1v) is 10.3. The number of fused-ring (bicyclic) bond motifs is 3. The SMILES string of the molecule is Cc1cccc2c1nc(C(F)(F)F)c1nc(-c3ccc[nH]3)n(CCC3CNCCO3)c12. The minimum atomic E-state index is -4.61. The van der Waals surface area contributed by atoms with Crippen molar-refractivity contribution in [1.82, 2.24) is 24.8 Å². The van der Waals surface area contributed by atoms with Gasteiger partial charge in [0.25, 0.3) is 0 Å². The smallest absolute Gasteiger partial charge is 0.376 e. The van der Waals surface area contributed by atoms with Crippen molar-refractivity contribution in [3.8, 4) is 11.5 Å². The van der Waals surface area contributed by atoms with Crippen molar-refractivity contribution in [2.45, 2.75) is 32.2 Å². The largest absolute Gasteiger partial charge is 0.435 e. The molecule has 1 aromatic carbocycles. The minimum Gasteiger partial charge on any atom is -0.376 e. The highest BCUT2D eigenvalue weighted by Crippen LogP contribution is 2.39. The Labute approximate surface area is 176 Å². The number of hydrogen-bond donors (Lipinski definition) is 2. The second-order valence-electron chi connectivity index (χ2n) is 7.78. The van der Waals surface area contributed by atoms with Gasteiger partial charge in [0.2, 0.25) is 0 Å². The molecular weight excluding hydrogens is 407 g/mol. The predicted octanol–water partition coefficient (Wildman–Crippen LogP) is 4.29. The molecule has 2 N–H and O–H groups in total. The number of benzene rings is 1. The summed E-state index contributed by atoms with van der Waals surface area (Å²) >= 11 is 0. The van der Waals surface area contributed by atoms with E-state index in [0.29, 0.717) is 53.1 Å². The van der Waals surface area contributed by atoms with E-state index in [2.05, 4.69) is 20.3 Å². The first-order valence-electron chi connectivity index (χ1n) is 10.3. The second kappa shape index (κ2) is 7.65. The Hall–Kier alpha value is -2.91. The Bertz CT molecular complexity index is 1220. The van der Waals surface area contributed by atoms with Crippen molar-refractivity contribution in [2.24, 2.45) is 0 Å². The number of pyridine rings is 1. The van der Waals surface area contributed by atoms with Crippen molar-refractivity contribution < 1.29 is 17.9 Å². The van der Waals surface area contributed by atoms with Crippen LogP contribution in [-0.4, -0.2) is 45.3 Å². The third kappa shape index (κ3) is 3.57. The van der Waals surface area contributed by atoms with Crippen molar-refractivity contribution in [3.05, 3.63) is 47.8 Å². The van der Waals surface area contributed by atoms with Crippen LogP contribution in [0.5, 0.6) is 0 Å². The number of aromatic nitrogens is 4. The Kier molecular flexibility index (Phi) is 4.94. The van der Waals surface area contributed by atoms with Gasteiger partial charge in [0, 0.05) is 31.2 Å². The third-order valence-electron chi connectivity index (χ3n) is 5.69. The molecule has 0 radical (unpaired) electrons. The molecule has 1 atom stereocenters. The summed E-state index contributed by atoms with van der Waals surface area (Å²) in [6.45, 7) is 4.41. The minimum absolute atomic E-state index is 0.000356. The summed E-state index contributed by atoms with van der Waals surface area (Å²) in [5, 5.41) is 3.96. The molecular formula is C22H22F3N5O. The lowest BCUT2D eigenvalue weighted by molar-refractivity contribution is -0.139. The quantitative estimate of drug-likeness (QED) is 0.508. The molecule has 1 unspecified atom stereocenters. The van der Waals surface area contributed by atoms with Crippen molar-refractivity contribution in [2.75, 3.05) is 19.7 Å². The standard InChI is InChI=1S/C22H22F3N5O/c1-13-4-2-5-15-17(13)28-20(22(23,24)25)18-19(15)30(10-7-14-12-26-9-11-31-14)21(29-18)16-6-3-8-27-16/h2-6,8,14,26-27H,7,9-12H2,1H3. The van der Waals surface area contributed by atoms with E-state index in [1.54, 1.807) is 25.3 Å². The second-order valence-corrected chi connectivity index (χ2v) is 7.78. The van der Waals surface area contributed by atoms with Gasteiger partial charge >= 0.3 is 6.18 Å². The Morgan fingerprint density at radius 1 is 1.16 bits per heavy atom. The van der Waals surface area contributed by atoms with Crippen molar-refractivity contribution in [1.29, 1.82) is 0 Å². The zero-order valence-electron chi connectivity index (χ0n) is 17.0. The van der Waals surface area contributed by atoms with Gasteiger partial charge in [-0.1, -0.05) is 18.2 Å². The lowest BCUT2D eigenvalue weighted by atomic mass is 10.1. The Morgan fingerprint density at radius 3 is 2.74 bits per heavy atom. The number of para-hydroxylation sites is 1. The van der Waals surface area contributed by atoms with E-state index in [0.717, 1.165) is 13.1 Å². The maximum atomic E-state index is 14.0. The predicted molar refractivity (Wildman–Crippen MR) is 112 cm³/mol. The summed E-state index contributed by atoms with van der Waals surface area (Å²) in [6, 6.07) is 9.04. The first-order chi connectivity index (χ1) is 14.9. The molecule has 1 fully saturated rings.